The number of fused-ring (bicyclic) bond motifs is 1. The van der Waals surface area contributed by atoms with Gasteiger partial charge in [-0.1, -0.05) is 66.7 Å². The lowest BCUT2D eigenvalue weighted by Crippen LogP contribution is -2.38. The lowest BCUT2D eigenvalue weighted by Gasteiger charge is -2.44. The van der Waals surface area contributed by atoms with Gasteiger partial charge in [0.25, 0.3) is 0 Å². The Balaban J connectivity index is 1.57. The van der Waals surface area contributed by atoms with Crippen molar-refractivity contribution in [3.05, 3.63) is 101 Å². The van der Waals surface area contributed by atoms with Gasteiger partial charge in [-0.05, 0) is 40.8 Å². The number of rotatable bonds is 2. The van der Waals surface area contributed by atoms with Crippen LogP contribution in [0.25, 0.3) is 0 Å². The van der Waals surface area contributed by atoms with Crippen LogP contribution >= 0.6 is 0 Å². The minimum Gasteiger partial charge on any atom is -0.426 e. The number of hydrogen-bond acceptors (Lipinski definition) is 2. The van der Waals surface area contributed by atoms with Crippen molar-refractivity contribution < 1.29 is 9.53 Å². The van der Waals surface area contributed by atoms with Crippen LogP contribution in [0.3, 0.4) is 0 Å². The normalized spacial score (nSPS) is 22.8. The van der Waals surface area contributed by atoms with E-state index in [1.807, 2.05) is 30.3 Å². The SMILES string of the molecule is O=C(Oc1ccccc1)C1CC2c3ccccc3C1c1ccccc12. The molecule has 0 spiro atoms. The molecule has 3 aliphatic rings. The van der Waals surface area contributed by atoms with Gasteiger partial charge in [-0.2, -0.15) is 0 Å². The molecule has 6 rings (SSSR count). The van der Waals surface area contributed by atoms with Gasteiger partial charge in [-0.15, -0.1) is 0 Å². The molecule has 122 valence electrons. The van der Waals surface area contributed by atoms with Crippen molar-refractivity contribution in [1.82, 2.24) is 0 Å². The highest BCUT2D eigenvalue weighted by Crippen LogP contribution is 2.55. The molecule has 3 aliphatic carbocycles. The fourth-order valence-electron chi connectivity index (χ4n) is 4.55. The zero-order valence-electron chi connectivity index (χ0n) is 13.8. The molecule has 0 radical (unpaired) electrons. The van der Waals surface area contributed by atoms with Crippen LogP contribution < -0.4 is 4.74 Å². The van der Waals surface area contributed by atoms with Crippen molar-refractivity contribution in [3.8, 4) is 5.75 Å². The molecule has 0 saturated heterocycles. The minimum atomic E-state index is -0.130. The molecule has 0 amide bonds. The molecule has 25 heavy (non-hydrogen) atoms. The Kier molecular flexibility index (Phi) is 3.24. The van der Waals surface area contributed by atoms with Crippen molar-refractivity contribution in [1.29, 1.82) is 0 Å². The van der Waals surface area contributed by atoms with Gasteiger partial charge in [-0.3, -0.25) is 4.79 Å². The van der Waals surface area contributed by atoms with Gasteiger partial charge in [0, 0.05) is 11.8 Å². The summed E-state index contributed by atoms with van der Waals surface area (Å²) in [5.74, 6) is 0.745. The van der Waals surface area contributed by atoms with Crippen LogP contribution in [-0.2, 0) is 4.79 Å². The van der Waals surface area contributed by atoms with Crippen molar-refractivity contribution in [2.45, 2.75) is 18.3 Å². The number of benzene rings is 3. The van der Waals surface area contributed by atoms with Crippen molar-refractivity contribution in [2.75, 3.05) is 0 Å². The summed E-state index contributed by atoms with van der Waals surface area (Å²) < 4.78 is 5.70. The predicted octanol–water partition coefficient (Wildman–Crippen LogP) is 4.89. The van der Waals surface area contributed by atoms with E-state index in [1.54, 1.807) is 0 Å². The van der Waals surface area contributed by atoms with E-state index in [0.717, 1.165) is 6.42 Å². The number of carbonyl (C=O) groups excluding carboxylic acids is 1. The summed E-state index contributed by atoms with van der Waals surface area (Å²) in [5.41, 5.74) is 5.31. The Bertz CT molecular complexity index is 898. The third-order valence-electron chi connectivity index (χ3n) is 5.57. The Morgan fingerprint density at radius 3 is 1.84 bits per heavy atom. The summed E-state index contributed by atoms with van der Waals surface area (Å²) in [5, 5.41) is 0. The van der Waals surface area contributed by atoms with E-state index in [1.165, 1.54) is 22.3 Å². The topological polar surface area (TPSA) is 26.3 Å². The smallest absolute Gasteiger partial charge is 0.315 e. The summed E-state index contributed by atoms with van der Waals surface area (Å²) in [7, 11) is 0. The predicted molar refractivity (Wildman–Crippen MR) is 96.8 cm³/mol. The Morgan fingerprint density at radius 2 is 1.24 bits per heavy atom. The van der Waals surface area contributed by atoms with Crippen LogP contribution in [0.4, 0.5) is 0 Å². The molecule has 1 atom stereocenters. The summed E-state index contributed by atoms with van der Waals surface area (Å²) in [6.45, 7) is 0. The van der Waals surface area contributed by atoms with Gasteiger partial charge in [0.05, 0.1) is 5.92 Å². The molecule has 0 heterocycles. The van der Waals surface area contributed by atoms with Crippen LogP contribution in [-0.4, -0.2) is 5.97 Å². The first-order valence-corrected chi connectivity index (χ1v) is 8.77. The Hall–Kier alpha value is -2.87. The second-order valence-corrected chi connectivity index (χ2v) is 6.86. The zero-order chi connectivity index (χ0) is 16.8. The van der Waals surface area contributed by atoms with Crippen LogP contribution in [0.5, 0.6) is 5.75 Å². The van der Waals surface area contributed by atoms with Gasteiger partial charge in [-0.25, -0.2) is 0 Å². The van der Waals surface area contributed by atoms with E-state index >= 15 is 0 Å². The maximum absolute atomic E-state index is 13.0. The van der Waals surface area contributed by atoms with Gasteiger partial charge in [0.15, 0.2) is 0 Å². The summed E-state index contributed by atoms with van der Waals surface area (Å²) in [6.07, 6.45) is 0.824. The summed E-state index contributed by atoms with van der Waals surface area (Å²) in [4.78, 5) is 13.0. The van der Waals surface area contributed by atoms with E-state index in [2.05, 4.69) is 48.5 Å². The molecule has 1 unspecified atom stereocenters. The van der Waals surface area contributed by atoms with E-state index in [-0.39, 0.29) is 23.7 Å². The van der Waals surface area contributed by atoms with Gasteiger partial charge >= 0.3 is 5.97 Å². The maximum atomic E-state index is 13.0. The van der Waals surface area contributed by atoms with Crippen LogP contribution in [0.2, 0.25) is 0 Å². The fraction of sp³-hybridized carbons (Fsp3) is 0.174. The van der Waals surface area contributed by atoms with Crippen molar-refractivity contribution >= 4 is 5.97 Å². The fourth-order valence-corrected chi connectivity index (χ4v) is 4.55. The largest absolute Gasteiger partial charge is 0.426 e. The molecule has 0 aromatic heterocycles. The molecular weight excluding hydrogens is 308 g/mol. The molecule has 0 N–H and O–H groups in total. The standard InChI is InChI=1S/C23H18O2/c24-23(25-15-8-2-1-3-9-15)21-14-20-16-10-4-6-12-18(16)22(21)19-13-7-5-11-17(19)20/h1-13,20-22H,14H2. The van der Waals surface area contributed by atoms with E-state index < -0.39 is 0 Å². The second kappa shape index (κ2) is 5.59. The van der Waals surface area contributed by atoms with E-state index in [0.29, 0.717) is 5.75 Å². The molecule has 2 nitrogen and oxygen atoms in total. The monoisotopic (exact) mass is 326 g/mol. The molecule has 0 fully saturated rings. The van der Waals surface area contributed by atoms with E-state index in [4.69, 9.17) is 4.74 Å². The minimum absolute atomic E-state index is 0.0913. The van der Waals surface area contributed by atoms with Gasteiger partial charge in [0.2, 0.25) is 0 Å². The van der Waals surface area contributed by atoms with Crippen molar-refractivity contribution in [3.63, 3.8) is 0 Å². The third-order valence-corrected chi connectivity index (χ3v) is 5.57. The summed E-state index contributed by atoms with van der Waals surface area (Å²) >= 11 is 0. The lowest BCUT2D eigenvalue weighted by atomic mass is 9.59. The van der Waals surface area contributed by atoms with Crippen molar-refractivity contribution in [2.24, 2.45) is 5.92 Å². The number of ether oxygens (including phenoxy) is 1. The molecule has 3 aromatic carbocycles. The molecule has 2 bridgehead atoms. The Labute approximate surface area is 147 Å². The molecule has 0 saturated carbocycles. The van der Waals surface area contributed by atoms with E-state index in [9.17, 15) is 4.79 Å². The first-order valence-electron chi connectivity index (χ1n) is 8.77. The highest BCUT2D eigenvalue weighted by Gasteiger charge is 2.46. The molecule has 0 aliphatic heterocycles. The highest BCUT2D eigenvalue weighted by molar-refractivity contribution is 5.79. The quantitative estimate of drug-likeness (QED) is 0.495. The van der Waals surface area contributed by atoms with Gasteiger partial charge in [0.1, 0.15) is 5.75 Å². The third kappa shape index (κ3) is 2.21. The number of esters is 1. The van der Waals surface area contributed by atoms with Crippen LogP contribution in [0.1, 0.15) is 40.5 Å². The first-order chi connectivity index (χ1) is 12.3. The maximum Gasteiger partial charge on any atom is 0.315 e. The van der Waals surface area contributed by atoms with Crippen LogP contribution in [0.15, 0.2) is 78.9 Å². The number of hydrogen-bond donors (Lipinski definition) is 0. The average Bonchev–Trinajstić information content (AvgIpc) is 2.69. The van der Waals surface area contributed by atoms with Gasteiger partial charge < -0.3 is 4.74 Å². The second-order valence-electron chi connectivity index (χ2n) is 6.86. The highest BCUT2D eigenvalue weighted by atomic mass is 16.5. The zero-order valence-corrected chi connectivity index (χ0v) is 13.8. The average molecular weight is 326 g/mol. The number of para-hydroxylation sites is 1. The summed E-state index contributed by atoms with van der Waals surface area (Å²) in [6, 6.07) is 26.5. The Morgan fingerprint density at radius 1 is 0.720 bits per heavy atom. The molecule has 3 aromatic rings. The number of carbonyl (C=O) groups is 1. The molecule has 2 heteroatoms. The lowest BCUT2D eigenvalue weighted by molar-refractivity contribution is -0.140. The molecular formula is C23H18O2. The first kappa shape index (κ1) is 14.5. The van der Waals surface area contributed by atoms with Crippen LogP contribution in [0, 0.1) is 5.92 Å².